The van der Waals surface area contributed by atoms with Crippen LogP contribution in [-0.2, 0) is 4.79 Å². The Balaban J connectivity index is 1.71. The highest BCUT2D eigenvalue weighted by atomic mass is 79.9. The quantitative estimate of drug-likeness (QED) is 0.585. The molecule has 2 aromatic carbocycles. The second kappa shape index (κ2) is 9.60. The molecule has 29 heavy (non-hydrogen) atoms. The summed E-state index contributed by atoms with van der Waals surface area (Å²) in [4.78, 5) is 12.3. The lowest BCUT2D eigenvalue weighted by molar-refractivity contribution is -0.111. The number of nitrogens with one attached hydrogen (secondary N) is 1. The number of carbonyl (C=O) groups is 1. The Kier molecular flexibility index (Phi) is 6.92. The summed E-state index contributed by atoms with van der Waals surface area (Å²) in [7, 11) is 0. The van der Waals surface area contributed by atoms with Gasteiger partial charge in [-0.05, 0) is 46.6 Å². The van der Waals surface area contributed by atoms with Crippen LogP contribution in [0.2, 0.25) is 0 Å². The monoisotopic (exact) mass is 469 g/mol. The van der Waals surface area contributed by atoms with Crippen LogP contribution in [0.5, 0.6) is 23.0 Å². The smallest absolute Gasteiger partial charge is 0.387 e. The van der Waals surface area contributed by atoms with Gasteiger partial charge in [0.25, 0.3) is 0 Å². The molecule has 0 aliphatic carbocycles. The van der Waals surface area contributed by atoms with Crippen molar-refractivity contribution in [2.24, 2.45) is 0 Å². The third kappa shape index (κ3) is 5.60. The average molecular weight is 470 g/mol. The van der Waals surface area contributed by atoms with Crippen molar-refractivity contribution in [1.82, 2.24) is 0 Å². The van der Waals surface area contributed by atoms with Gasteiger partial charge in [0.1, 0.15) is 13.2 Å². The van der Waals surface area contributed by atoms with Gasteiger partial charge < -0.3 is 24.3 Å². The molecule has 1 heterocycles. The lowest BCUT2D eigenvalue weighted by atomic mass is 10.2. The predicted octanol–water partition coefficient (Wildman–Crippen LogP) is 4.87. The van der Waals surface area contributed by atoms with E-state index in [0.29, 0.717) is 40.4 Å². The number of hydrogen-bond acceptors (Lipinski definition) is 5. The second-order valence-electron chi connectivity index (χ2n) is 5.82. The molecule has 6 nitrogen and oxygen atoms in total. The predicted molar refractivity (Wildman–Crippen MR) is 107 cm³/mol. The van der Waals surface area contributed by atoms with Gasteiger partial charge in [0, 0.05) is 22.7 Å². The van der Waals surface area contributed by atoms with E-state index in [9.17, 15) is 13.6 Å². The van der Waals surface area contributed by atoms with Crippen molar-refractivity contribution in [3.05, 3.63) is 46.4 Å². The van der Waals surface area contributed by atoms with Crippen LogP contribution in [0.1, 0.15) is 12.5 Å². The molecule has 0 atom stereocenters. The van der Waals surface area contributed by atoms with E-state index in [1.165, 1.54) is 24.3 Å². The molecule has 0 saturated heterocycles. The van der Waals surface area contributed by atoms with Gasteiger partial charge in [0.2, 0.25) is 5.91 Å². The van der Waals surface area contributed by atoms with Gasteiger partial charge in [-0.1, -0.05) is 6.07 Å². The first kappa shape index (κ1) is 20.9. The third-order valence-corrected chi connectivity index (χ3v) is 4.46. The maximum Gasteiger partial charge on any atom is 0.387 e. The number of rotatable bonds is 7. The van der Waals surface area contributed by atoms with E-state index in [2.05, 4.69) is 26.0 Å². The van der Waals surface area contributed by atoms with Crippen LogP contribution < -0.4 is 24.3 Å². The Morgan fingerprint density at radius 1 is 1.21 bits per heavy atom. The number of fused-ring (bicyclic) bond motifs is 1. The Labute approximate surface area is 174 Å². The summed E-state index contributed by atoms with van der Waals surface area (Å²) in [5.41, 5.74) is 1.12. The molecule has 0 bridgehead atoms. The van der Waals surface area contributed by atoms with Gasteiger partial charge >= 0.3 is 6.61 Å². The first-order valence-corrected chi connectivity index (χ1v) is 9.55. The summed E-state index contributed by atoms with van der Waals surface area (Å²) in [5, 5.41) is 2.74. The number of amides is 1. The molecule has 1 amide bonds. The number of benzene rings is 2. The summed E-state index contributed by atoms with van der Waals surface area (Å²) < 4.78 is 46.3. The molecule has 2 aromatic rings. The molecule has 154 valence electrons. The van der Waals surface area contributed by atoms with Crippen LogP contribution in [0.4, 0.5) is 14.5 Å². The Bertz CT molecular complexity index is 920. The van der Waals surface area contributed by atoms with E-state index in [4.69, 9.17) is 14.2 Å². The fourth-order valence-corrected chi connectivity index (χ4v) is 3.02. The standard InChI is InChI=1S/C20H18BrF2NO5/c1-2-26-16-9-12(3-5-15(16)29-20(22)23)4-6-19(25)24-14-11-18-17(10-13(14)21)27-7-8-28-18/h3-6,9-11,20H,2,7-8H2,1H3,(H,24,25)/b6-4+. The van der Waals surface area contributed by atoms with Crippen LogP contribution in [0.25, 0.3) is 6.08 Å². The molecule has 0 saturated carbocycles. The average Bonchev–Trinajstić information content (AvgIpc) is 2.68. The van der Waals surface area contributed by atoms with Crippen molar-refractivity contribution in [2.75, 3.05) is 25.1 Å². The molecule has 0 spiro atoms. The zero-order valence-corrected chi connectivity index (χ0v) is 17.0. The maximum atomic E-state index is 12.5. The first-order chi connectivity index (χ1) is 14.0. The van der Waals surface area contributed by atoms with Crippen LogP contribution in [-0.4, -0.2) is 32.3 Å². The number of ether oxygens (including phenoxy) is 4. The summed E-state index contributed by atoms with van der Waals surface area (Å²) in [5.74, 6) is 0.878. The van der Waals surface area contributed by atoms with Gasteiger partial charge in [-0.3, -0.25) is 4.79 Å². The SMILES string of the molecule is CCOc1cc(/C=C/C(=O)Nc2cc3c(cc2Br)OCCO3)ccc1OC(F)F. The summed E-state index contributed by atoms with van der Waals surface area (Å²) in [6.45, 7) is -0.0295. The minimum Gasteiger partial charge on any atom is -0.490 e. The minimum atomic E-state index is -2.95. The molecule has 9 heteroatoms. The highest BCUT2D eigenvalue weighted by Gasteiger charge is 2.16. The minimum absolute atomic E-state index is 0.0661. The van der Waals surface area contributed by atoms with E-state index in [1.54, 1.807) is 25.1 Å². The van der Waals surface area contributed by atoms with Gasteiger partial charge in [0.05, 0.1) is 12.3 Å². The lowest BCUT2D eigenvalue weighted by Crippen LogP contribution is -2.16. The van der Waals surface area contributed by atoms with Gasteiger partial charge in [-0.2, -0.15) is 8.78 Å². The number of hydrogen-bond donors (Lipinski definition) is 1. The van der Waals surface area contributed by atoms with Crippen molar-refractivity contribution in [2.45, 2.75) is 13.5 Å². The number of halogens is 3. The molecule has 1 N–H and O–H groups in total. The van der Waals surface area contributed by atoms with Crippen LogP contribution in [0.3, 0.4) is 0 Å². The first-order valence-electron chi connectivity index (χ1n) is 8.76. The van der Waals surface area contributed by atoms with Gasteiger partial charge in [-0.25, -0.2) is 0 Å². The molecule has 1 aliphatic rings. The highest BCUT2D eigenvalue weighted by Crippen LogP contribution is 2.38. The van der Waals surface area contributed by atoms with E-state index >= 15 is 0 Å². The molecular formula is C20H18BrF2NO5. The number of carbonyl (C=O) groups excluding carboxylic acids is 1. The molecule has 1 aliphatic heterocycles. The second-order valence-corrected chi connectivity index (χ2v) is 6.67. The molecule has 0 unspecified atom stereocenters. The fourth-order valence-electron chi connectivity index (χ4n) is 2.60. The van der Waals surface area contributed by atoms with Crippen molar-refractivity contribution in [1.29, 1.82) is 0 Å². The maximum absolute atomic E-state index is 12.5. The summed E-state index contributed by atoms with van der Waals surface area (Å²) in [6.07, 6.45) is 2.86. The topological polar surface area (TPSA) is 66.0 Å². The summed E-state index contributed by atoms with van der Waals surface area (Å²) in [6, 6.07) is 7.83. The Morgan fingerprint density at radius 3 is 2.62 bits per heavy atom. The zero-order valence-electron chi connectivity index (χ0n) is 15.4. The van der Waals surface area contributed by atoms with E-state index < -0.39 is 6.61 Å². The number of alkyl halides is 2. The van der Waals surface area contributed by atoms with E-state index in [-0.39, 0.29) is 24.0 Å². The zero-order chi connectivity index (χ0) is 20.8. The molecule has 0 radical (unpaired) electrons. The largest absolute Gasteiger partial charge is 0.490 e. The van der Waals surface area contributed by atoms with Crippen LogP contribution in [0.15, 0.2) is 40.9 Å². The van der Waals surface area contributed by atoms with Crippen molar-refractivity contribution >= 4 is 33.6 Å². The van der Waals surface area contributed by atoms with E-state index in [1.807, 2.05) is 0 Å². The normalized spacial score (nSPS) is 12.9. The third-order valence-electron chi connectivity index (χ3n) is 3.80. The molecular weight excluding hydrogens is 452 g/mol. The fraction of sp³-hybridized carbons (Fsp3) is 0.250. The van der Waals surface area contributed by atoms with Crippen molar-refractivity contribution in [3.63, 3.8) is 0 Å². The number of anilines is 1. The summed E-state index contributed by atoms with van der Waals surface area (Å²) >= 11 is 3.39. The van der Waals surface area contributed by atoms with Gasteiger partial charge in [-0.15, -0.1) is 0 Å². The van der Waals surface area contributed by atoms with Crippen LogP contribution >= 0.6 is 15.9 Å². The lowest BCUT2D eigenvalue weighted by Gasteiger charge is -2.19. The Hall–Kier alpha value is -2.81. The molecule has 0 fully saturated rings. The van der Waals surface area contributed by atoms with Gasteiger partial charge in [0.15, 0.2) is 23.0 Å². The highest BCUT2D eigenvalue weighted by molar-refractivity contribution is 9.10. The van der Waals surface area contributed by atoms with Crippen molar-refractivity contribution in [3.8, 4) is 23.0 Å². The van der Waals surface area contributed by atoms with Crippen LogP contribution in [0, 0.1) is 0 Å². The molecule has 3 rings (SSSR count). The van der Waals surface area contributed by atoms with Crippen molar-refractivity contribution < 1.29 is 32.5 Å². The molecule has 0 aromatic heterocycles. The van der Waals surface area contributed by atoms with E-state index in [0.717, 1.165) is 0 Å². The Morgan fingerprint density at radius 2 is 1.93 bits per heavy atom.